The fourth-order valence-corrected chi connectivity index (χ4v) is 1.59. The first kappa shape index (κ1) is 14.3. The highest BCUT2D eigenvalue weighted by Crippen LogP contribution is 2.12. The van der Waals surface area contributed by atoms with E-state index in [-0.39, 0.29) is 5.75 Å². The number of nitrogens with zero attached hydrogens (tertiary/aromatic N) is 1. The van der Waals surface area contributed by atoms with Crippen LogP contribution in [0.25, 0.3) is 0 Å². The van der Waals surface area contributed by atoms with Crippen molar-refractivity contribution >= 4 is 5.97 Å². The molecule has 0 bridgehead atoms. The number of rotatable bonds is 6. The van der Waals surface area contributed by atoms with Gasteiger partial charge in [-0.05, 0) is 24.5 Å². The molecule has 0 fully saturated rings. The number of aliphatic carboxylic acids is 1. The summed E-state index contributed by atoms with van der Waals surface area (Å²) in [7, 11) is 0. The zero-order valence-corrected chi connectivity index (χ0v) is 10.9. The summed E-state index contributed by atoms with van der Waals surface area (Å²) < 4.78 is 6.59. The van der Waals surface area contributed by atoms with Crippen molar-refractivity contribution in [1.82, 2.24) is 4.57 Å². The van der Waals surface area contributed by atoms with Crippen molar-refractivity contribution in [2.45, 2.75) is 33.2 Å². The Balaban J connectivity index is 3.05. The zero-order valence-electron chi connectivity index (χ0n) is 10.9. The second-order valence-corrected chi connectivity index (χ2v) is 4.55. The maximum Gasteiger partial charge on any atom is 0.326 e. The Hall–Kier alpha value is -1.78. The van der Waals surface area contributed by atoms with E-state index >= 15 is 0 Å². The molecule has 5 heteroatoms. The number of hydrogen-bond donors (Lipinski definition) is 1. The van der Waals surface area contributed by atoms with Crippen LogP contribution in [0.3, 0.4) is 0 Å². The van der Waals surface area contributed by atoms with Gasteiger partial charge in [-0.2, -0.15) is 0 Å². The van der Waals surface area contributed by atoms with Gasteiger partial charge >= 0.3 is 5.97 Å². The monoisotopic (exact) mass is 253 g/mol. The molecular weight excluding hydrogens is 234 g/mol. The molecule has 1 rings (SSSR count). The Bertz CT molecular complexity index is 464. The van der Waals surface area contributed by atoms with E-state index in [2.05, 4.69) is 0 Å². The van der Waals surface area contributed by atoms with E-state index < -0.39 is 17.6 Å². The summed E-state index contributed by atoms with van der Waals surface area (Å²) in [4.78, 5) is 23.1. The van der Waals surface area contributed by atoms with Gasteiger partial charge in [0.1, 0.15) is 6.04 Å². The Kier molecular flexibility index (Phi) is 4.95. The van der Waals surface area contributed by atoms with Gasteiger partial charge < -0.3 is 9.84 Å². The van der Waals surface area contributed by atoms with Crippen molar-refractivity contribution in [2.75, 3.05) is 6.61 Å². The predicted octanol–water partition coefficient (Wildman–Crippen LogP) is 1.92. The van der Waals surface area contributed by atoms with Crippen molar-refractivity contribution in [3.8, 4) is 5.75 Å². The van der Waals surface area contributed by atoms with Gasteiger partial charge in [0.05, 0.1) is 6.61 Å². The van der Waals surface area contributed by atoms with Gasteiger partial charge in [0.25, 0.3) is 5.56 Å². The van der Waals surface area contributed by atoms with Crippen LogP contribution in [0.1, 0.15) is 33.2 Å². The molecule has 0 aliphatic heterocycles. The normalized spacial score (nSPS) is 12.4. The molecule has 1 aromatic heterocycles. The smallest absolute Gasteiger partial charge is 0.326 e. The summed E-state index contributed by atoms with van der Waals surface area (Å²) in [6.45, 7) is 6.12. The standard InChI is InChI=1S/C13H19NO4/c1-4-10(13(16)17)14-7-5-6-11(12(14)15)18-8-9(2)3/h5-7,9-10H,4,8H2,1-3H3,(H,16,17). The van der Waals surface area contributed by atoms with E-state index in [1.807, 2.05) is 13.8 Å². The third-order valence-electron chi connectivity index (χ3n) is 2.52. The van der Waals surface area contributed by atoms with E-state index in [1.165, 1.54) is 10.8 Å². The first-order valence-electron chi connectivity index (χ1n) is 6.04. The molecule has 0 radical (unpaired) electrons. The minimum atomic E-state index is -1.01. The van der Waals surface area contributed by atoms with Crippen LogP contribution in [0.5, 0.6) is 5.75 Å². The Morgan fingerprint density at radius 3 is 2.67 bits per heavy atom. The molecule has 0 aliphatic carbocycles. The molecule has 100 valence electrons. The second kappa shape index (κ2) is 6.23. The van der Waals surface area contributed by atoms with Crippen LogP contribution in [0.15, 0.2) is 23.1 Å². The fourth-order valence-electron chi connectivity index (χ4n) is 1.59. The van der Waals surface area contributed by atoms with Crippen LogP contribution in [-0.2, 0) is 4.79 Å². The number of carboxylic acid groups (broad SMARTS) is 1. The number of aromatic nitrogens is 1. The van der Waals surface area contributed by atoms with Gasteiger partial charge in [0, 0.05) is 6.20 Å². The fraction of sp³-hybridized carbons (Fsp3) is 0.538. The predicted molar refractivity (Wildman–Crippen MR) is 68.0 cm³/mol. The Labute approximate surface area is 106 Å². The van der Waals surface area contributed by atoms with E-state index in [0.717, 1.165) is 0 Å². The molecule has 0 amide bonds. The molecule has 0 spiro atoms. The lowest BCUT2D eigenvalue weighted by atomic mass is 10.2. The van der Waals surface area contributed by atoms with Crippen molar-refractivity contribution in [2.24, 2.45) is 5.92 Å². The van der Waals surface area contributed by atoms with Gasteiger partial charge in [0.15, 0.2) is 5.75 Å². The maximum atomic E-state index is 12.1. The first-order chi connectivity index (χ1) is 8.47. The third-order valence-corrected chi connectivity index (χ3v) is 2.52. The number of hydrogen-bond acceptors (Lipinski definition) is 3. The molecular formula is C13H19NO4. The molecule has 1 unspecified atom stereocenters. The highest BCUT2D eigenvalue weighted by molar-refractivity contribution is 5.71. The first-order valence-corrected chi connectivity index (χ1v) is 6.04. The van der Waals surface area contributed by atoms with Crippen LogP contribution in [-0.4, -0.2) is 22.2 Å². The number of carbonyl (C=O) groups is 1. The van der Waals surface area contributed by atoms with Gasteiger partial charge in [-0.15, -0.1) is 0 Å². The summed E-state index contributed by atoms with van der Waals surface area (Å²) in [5, 5.41) is 9.06. The van der Waals surface area contributed by atoms with Gasteiger partial charge in [0.2, 0.25) is 0 Å². The SMILES string of the molecule is CCC(C(=O)O)n1cccc(OCC(C)C)c1=O. The van der Waals surface area contributed by atoms with Crippen LogP contribution in [0.4, 0.5) is 0 Å². The summed E-state index contributed by atoms with van der Waals surface area (Å²) in [6.07, 6.45) is 1.83. The van der Waals surface area contributed by atoms with Crippen molar-refractivity contribution in [3.05, 3.63) is 28.7 Å². The van der Waals surface area contributed by atoms with Crippen LogP contribution >= 0.6 is 0 Å². The largest absolute Gasteiger partial charge is 0.488 e. The zero-order chi connectivity index (χ0) is 13.7. The van der Waals surface area contributed by atoms with E-state index in [4.69, 9.17) is 9.84 Å². The van der Waals surface area contributed by atoms with Crippen molar-refractivity contribution < 1.29 is 14.6 Å². The number of ether oxygens (including phenoxy) is 1. The lowest BCUT2D eigenvalue weighted by Gasteiger charge is -2.15. The molecule has 1 atom stereocenters. The lowest BCUT2D eigenvalue weighted by Crippen LogP contribution is -2.30. The van der Waals surface area contributed by atoms with E-state index in [9.17, 15) is 9.59 Å². The quantitative estimate of drug-likeness (QED) is 0.841. The average Bonchev–Trinajstić information content (AvgIpc) is 2.30. The molecule has 0 aliphatic rings. The maximum absolute atomic E-state index is 12.1. The second-order valence-electron chi connectivity index (χ2n) is 4.55. The Morgan fingerprint density at radius 2 is 2.17 bits per heavy atom. The highest BCUT2D eigenvalue weighted by Gasteiger charge is 2.19. The molecule has 18 heavy (non-hydrogen) atoms. The van der Waals surface area contributed by atoms with Gasteiger partial charge in [-0.3, -0.25) is 9.36 Å². The van der Waals surface area contributed by atoms with Gasteiger partial charge in [-0.25, -0.2) is 4.79 Å². The Morgan fingerprint density at radius 1 is 1.50 bits per heavy atom. The minimum absolute atomic E-state index is 0.200. The van der Waals surface area contributed by atoms with E-state index in [0.29, 0.717) is 18.9 Å². The summed E-state index contributed by atoms with van der Waals surface area (Å²) >= 11 is 0. The molecule has 5 nitrogen and oxygen atoms in total. The molecule has 1 N–H and O–H groups in total. The molecule has 1 heterocycles. The number of carboxylic acids is 1. The van der Waals surface area contributed by atoms with Gasteiger partial charge in [-0.1, -0.05) is 20.8 Å². The summed E-state index contributed by atoms with van der Waals surface area (Å²) in [5.74, 6) is -0.508. The summed E-state index contributed by atoms with van der Waals surface area (Å²) in [6, 6.07) is 2.35. The number of pyridine rings is 1. The molecule has 1 aromatic rings. The minimum Gasteiger partial charge on any atom is -0.488 e. The average molecular weight is 253 g/mol. The molecule has 0 saturated carbocycles. The lowest BCUT2D eigenvalue weighted by molar-refractivity contribution is -0.141. The molecule has 0 saturated heterocycles. The van der Waals surface area contributed by atoms with Crippen LogP contribution in [0.2, 0.25) is 0 Å². The van der Waals surface area contributed by atoms with Crippen LogP contribution < -0.4 is 10.3 Å². The van der Waals surface area contributed by atoms with Crippen molar-refractivity contribution in [1.29, 1.82) is 0 Å². The molecule has 0 aromatic carbocycles. The highest BCUT2D eigenvalue weighted by atomic mass is 16.5. The van der Waals surface area contributed by atoms with Crippen molar-refractivity contribution in [3.63, 3.8) is 0 Å². The topological polar surface area (TPSA) is 68.5 Å². The summed E-state index contributed by atoms with van der Waals surface area (Å²) in [5.41, 5.74) is -0.396. The third kappa shape index (κ3) is 3.35. The van der Waals surface area contributed by atoms with E-state index in [1.54, 1.807) is 19.1 Å². The van der Waals surface area contributed by atoms with Crippen LogP contribution in [0, 0.1) is 5.92 Å².